The van der Waals surface area contributed by atoms with Crippen molar-refractivity contribution in [3.8, 4) is 11.4 Å². The summed E-state index contributed by atoms with van der Waals surface area (Å²) in [7, 11) is 0. The molecule has 0 radical (unpaired) electrons. The molecule has 2 aromatic rings. The third kappa shape index (κ3) is 2.92. The average Bonchev–Trinajstić information content (AvgIpc) is 2.35. The number of halogens is 2. The molecule has 1 N–H and O–H groups in total. The van der Waals surface area contributed by atoms with E-state index in [1.54, 1.807) is 0 Å². The minimum Gasteiger partial charge on any atom is -0.369 e. The van der Waals surface area contributed by atoms with Gasteiger partial charge in [-0.1, -0.05) is 23.7 Å². The Labute approximate surface area is 125 Å². The van der Waals surface area contributed by atoms with E-state index in [9.17, 15) is 0 Å². The molecule has 0 unspecified atom stereocenters. The Morgan fingerprint density at radius 1 is 1.33 bits per heavy atom. The van der Waals surface area contributed by atoms with Gasteiger partial charge in [-0.25, -0.2) is 9.97 Å². The predicted molar refractivity (Wildman–Crippen MR) is 84.1 cm³/mol. The van der Waals surface area contributed by atoms with Crippen LogP contribution in [0.5, 0.6) is 0 Å². The minimum absolute atomic E-state index is 0.692. The molecule has 0 aliphatic heterocycles. The first-order valence-corrected chi connectivity index (χ1v) is 7.11. The molecule has 94 valence electrons. The average molecular weight is 374 g/mol. The number of anilines is 1. The number of aromatic nitrogens is 2. The number of benzene rings is 1. The largest absolute Gasteiger partial charge is 0.369 e. The SMILES string of the molecule is CCNc1nc(-c2cccc(Cl)c2)nc(C)c1I. The Bertz CT molecular complexity index is 572. The molecule has 0 atom stereocenters. The quantitative estimate of drug-likeness (QED) is 0.822. The van der Waals surface area contributed by atoms with Gasteiger partial charge in [-0.15, -0.1) is 0 Å². The van der Waals surface area contributed by atoms with Gasteiger partial charge in [0.05, 0.1) is 9.26 Å². The van der Waals surface area contributed by atoms with E-state index in [4.69, 9.17) is 11.6 Å². The van der Waals surface area contributed by atoms with E-state index in [2.05, 4.69) is 37.9 Å². The van der Waals surface area contributed by atoms with Gasteiger partial charge in [-0.2, -0.15) is 0 Å². The molecule has 3 nitrogen and oxygen atoms in total. The lowest BCUT2D eigenvalue weighted by atomic mass is 10.2. The maximum atomic E-state index is 5.99. The van der Waals surface area contributed by atoms with Crippen LogP contribution in [0.1, 0.15) is 12.6 Å². The first kappa shape index (κ1) is 13.5. The maximum absolute atomic E-state index is 5.99. The second kappa shape index (κ2) is 5.84. The van der Waals surface area contributed by atoms with Crippen molar-refractivity contribution < 1.29 is 0 Å². The van der Waals surface area contributed by atoms with Crippen LogP contribution in [0.4, 0.5) is 5.82 Å². The van der Waals surface area contributed by atoms with Gasteiger partial charge in [-0.05, 0) is 48.6 Å². The summed E-state index contributed by atoms with van der Waals surface area (Å²) >= 11 is 8.25. The standard InChI is InChI=1S/C13H13ClIN3/c1-3-16-13-11(15)8(2)17-12(18-13)9-5-4-6-10(14)7-9/h4-7H,3H2,1-2H3,(H,16,17,18). The monoisotopic (exact) mass is 373 g/mol. The molecular weight excluding hydrogens is 361 g/mol. The van der Waals surface area contributed by atoms with Crippen molar-refractivity contribution in [2.45, 2.75) is 13.8 Å². The van der Waals surface area contributed by atoms with Crippen LogP contribution >= 0.6 is 34.2 Å². The van der Waals surface area contributed by atoms with Crippen molar-refractivity contribution in [3.63, 3.8) is 0 Å². The molecule has 0 aliphatic rings. The Morgan fingerprint density at radius 3 is 2.78 bits per heavy atom. The lowest BCUT2D eigenvalue weighted by Gasteiger charge is -2.10. The van der Waals surface area contributed by atoms with E-state index in [1.807, 2.05) is 38.1 Å². The zero-order valence-electron chi connectivity index (χ0n) is 10.2. The van der Waals surface area contributed by atoms with Gasteiger partial charge in [-0.3, -0.25) is 0 Å². The normalized spacial score (nSPS) is 10.4. The third-order valence-corrected chi connectivity index (χ3v) is 3.97. The Kier molecular flexibility index (Phi) is 4.40. The molecule has 18 heavy (non-hydrogen) atoms. The van der Waals surface area contributed by atoms with Gasteiger partial charge in [0, 0.05) is 17.1 Å². The Hall–Kier alpha value is -0.880. The van der Waals surface area contributed by atoms with Crippen LogP contribution in [0.3, 0.4) is 0 Å². The van der Waals surface area contributed by atoms with Crippen LogP contribution in [0.25, 0.3) is 11.4 Å². The summed E-state index contributed by atoms with van der Waals surface area (Å²) in [5.74, 6) is 1.58. The lowest BCUT2D eigenvalue weighted by Crippen LogP contribution is -2.06. The Balaban J connectivity index is 2.51. The number of aryl methyl sites for hydroxylation is 1. The van der Waals surface area contributed by atoms with Crippen molar-refractivity contribution in [1.29, 1.82) is 0 Å². The highest BCUT2D eigenvalue weighted by Gasteiger charge is 2.10. The molecule has 0 saturated heterocycles. The van der Waals surface area contributed by atoms with E-state index in [-0.39, 0.29) is 0 Å². The van der Waals surface area contributed by atoms with Gasteiger partial charge >= 0.3 is 0 Å². The van der Waals surface area contributed by atoms with E-state index >= 15 is 0 Å². The van der Waals surface area contributed by atoms with Crippen molar-refractivity contribution in [2.75, 3.05) is 11.9 Å². The lowest BCUT2D eigenvalue weighted by molar-refractivity contribution is 1.06. The Morgan fingerprint density at radius 2 is 2.11 bits per heavy atom. The number of nitrogens with one attached hydrogen (secondary N) is 1. The number of rotatable bonds is 3. The van der Waals surface area contributed by atoms with E-state index < -0.39 is 0 Å². The summed E-state index contributed by atoms with van der Waals surface area (Å²) in [6.45, 7) is 4.87. The highest BCUT2D eigenvalue weighted by atomic mass is 127. The molecule has 0 amide bonds. The van der Waals surface area contributed by atoms with Crippen LogP contribution in [-0.2, 0) is 0 Å². The molecule has 0 bridgehead atoms. The highest BCUT2D eigenvalue weighted by Crippen LogP contribution is 2.25. The maximum Gasteiger partial charge on any atom is 0.161 e. The van der Waals surface area contributed by atoms with Crippen LogP contribution < -0.4 is 5.32 Å². The van der Waals surface area contributed by atoms with Gasteiger partial charge in [0.15, 0.2) is 5.82 Å². The van der Waals surface area contributed by atoms with Crippen molar-refractivity contribution >= 4 is 40.0 Å². The van der Waals surface area contributed by atoms with Crippen LogP contribution in [0.15, 0.2) is 24.3 Å². The molecule has 1 aromatic carbocycles. The fourth-order valence-electron chi connectivity index (χ4n) is 1.60. The first-order chi connectivity index (χ1) is 8.61. The number of nitrogens with zero attached hydrogens (tertiary/aromatic N) is 2. The predicted octanol–water partition coefficient (Wildman–Crippen LogP) is 4.14. The zero-order chi connectivity index (χ0) is 13.1. The van der Waals surface area contributed by atoms with Crippen LogP contribution in [0, 0.1) is 10.5 Å². The molecule has 1 aromatic heterocycles. The van der Waals surface area contributed by atoms with Gasteiger partial charge in [0.25, 0.3) is 0 Å². The van der Waals surface area contributed by atoms with Gasteiger partial charge in [0.1, 0.15) is 5.82 Å². The van der Waals surface area contributed by atoms with Crippen molar-refractivity contribution in [2.24, 2.45) is 0 Å². The molecule has 1 heterocycles. The second-order valence-corrected chi connectivity index (χ2v) is 5.35. The van der Waals surface area contributed by atoms with Crippen LogP contribution in [0.2, 0.25) is 5.02 Å². The fraction of sp³-hybridized carbons (Fsp3) is 0.231. The first-order valence-electron chi connectivity index (χ1n) is 5.65. The summed E-state index contributed by atoms with van der Waals surface area (Å²) in [4.78, 5) is 9.06. The van der Waals surface area contributed by atoms with Crippen molar-refractivity contribution in [1.82, 2.24) is 9.97 Å². The zero-order valence-corrected chi connectivity index (χ0v) is 13.1. The topological polar surface area (TPSA) is 37.8 Å². The van der Waals surface area contributed by atoms with Crippen LogP contribution in [-0.4, -0.2) is 16.5 Å². The molecule has 5 heteroatoms. The molecule has 0 fully saturated rings. The van der Waals surface area contributed by atoms with E-state index in [0.29, 0.717) is 10.8 Å². The highest BCUT2D eigenvalue weighted by molar-refractivity contribution is 14.1. The van der Waals surface area contributed by atoms with E-state index in [1.165, 1.54) is 0 Å². The number of hydrogen-bond acceptors (Lipinski definition) is 3. The summed E-state index contributed by atoms with van der Waals surface area (Å²) in [6.07, 6.45) is 0. The summed E-state index contributed by atoms with van der Waals surface area (Å²) in [6, 6.07) is 7.58. The smallest absolute Gasteiger partial charge is 0.161 e. The van der Waals surface area contributed by atoms with E-state index in [0.717, 1.165) is 27.2 Å². The molecule has 0 spiro atoms. The minimum atomic E-state index is 0.692. The molecule has 0 aliphatic carbocycles. The summed E-state index contributed by atoms with van der Waals surface area (Å²) < 4.78 is 1.06. The molecular formula is C13H13ClIN3. The molecule has 2 rings (SSSR count). The van der Waals surface area contributed by atoms with Gasteiger partial charge in [0.2, 0.25) is 0 Å². The summed E-state index contributed by atoms with van der Waals surface area (Å²) in [5, 5.41) is 3.94. The third-order valence-electron chi connectivity index (χ3n) is 2.44. The van der Waals surface area contributed by atoms with Crippen molar-refractivity contribution in [3.05, 3.63) is 38.6 Å². The second-order valence-electron chi connectivity index (χ2n) is 3.84. The molecule has 0 saturated carbocycles. The fourth-order valence-corrected chi connectivity index (χ4v) is 2.22. The summed E-state index contributed by atoms with van der Waals surface area (Å²) in [5.41, 5.74) is 1.90. The number of hydrogen-bond donors (Lipinski definition) is 1. The van der Waals surface area contributed by atoms with Gasteiger partial charge < -0.3 is 5.32 Å².